The highest BCUT2D eigenvalue weighted by Crippen LogP contribution is 2.38. The second-order valence-corrected chi connectivity index (χ2v) is 5.83. The Morgan fingerprint density at radius 1 is 1.18 bits per heavy atom. The van der Waals surface area contributed by atoms with Crippen LogP contribution in [0.2, 0.25) is 0 Å². The molecule has 1 aliphatic heterocycles. The molecular formula is C18H11NO9. The van der Waals surface area contributed by atoms with Crippen LogP contribution in [0.1, 0.15) is 15.9 Å². The van der Waals surface area contributed by atoms with E-state index in [0.717, 1.165) is 12.1 Å². The van der Waals surface area contributed by atoms with Crippen molar-refractivity contribution in [2.24, 2.45) is 0 Å². The average molecular weight is 385 g/mol. The van der Waals surface area contributed by atoms with Gasteiger partial charge in [-0.15, -0.1) is 0 Å². The number of hydrogen-bond acceptors (Lipinski definition) is 9. The fraction of sp³-hybridized carbons (Fsp3) is 0.111. The molecule has 2 aromatic carbocycles. The van der Waals surface area contributed by atoms with Gasteiger partial charge in [0.15, 0.2) is 11.5 Å². The van der Waals surface area contributed by atoms with Crippen molar-refractivity contribution in [2.45, 2.75) is 6.61 Å². The topological polar surface area (TPSA) is 138 Å². The minimum atomic E-state index is -0.967. The monoisotopic (exact) mass is 385 g/mol. The van der Waals surface area contributed by atoms with Crippen molar-refractivity contribution in [1.29, 1.82) is 0 Å². The van der Waals surface area contributed by atoms with E-state index in [-0.39, 0.29) is 41.8 Å². The Labute approximate surface area is 155 Å². The number of hydrogen-bond donors (Lipinski definition) is 1. The first kappa shape index (κ1) is 17.3. The van der Waals surface area contributed by atoms with Crippen LogP contribution in [-0.4, -0.2) is 22.8 Å². The van der Waals surface area contributed by atoms with Crippen molar-refractivity contribution in [1.82, 2.24) is 0 Å². The van der Waals surface area contributed by atoms with Crippen LogP contribution < -0.4 is 15.1 Å². The maximum atomic E-state index is 12.5. The van der Waals surface area contributed by atoms with Crippen molar-refractivity contribution in [3.05, 3.63) is 68.1 Å². The van der Waals surface area contributed by atoms with E-state index in [1.54, 1.807) is 0 Å². The Morgan fingerprint density at radius 3 is 2.68 bits per heavy atom. The molecule has 2 heterocycles. The van der Waals surface area contributed by atoms with E-state index in [0.29, 0.717) is 10.9 Å². The molecule has 0 bridgehead atoms. The summed E-state index contributed by atoms with van der Waals surface area (Å²) in [6.45, 7) is -0.444. The Bertz CT molecular complexity index is 1180. The number of nitrogens with zero attached hydrogens (tertiary/aromatic N) is 1. The van der Waals surface area contributed by atoms with Gasteiger partial charge in [-0.1, -0.05) is 0 Å². The van der Waals surface area contributed by atoms with E-state index >= 15 is 0 Å². The van der Waals surface area contributed by atoms with Crippen LogP contribution >= 0.6 is 0 Å². The minimum absolute atomic E-state index is 0.0965. The number of ether oxygens (including phenoxy) is 3. The highest BCUT2D eigenvalue weighted by atomic mass is 16.7. The third-order valence-corrected chi connectivity index (χ3v) is 4.08. The SMILES string of the molecule is O=C(OCc1cc(=O)oc2cc(O)ccc12)c1cc2c(cc1[N+](=O)[O-])OCO2. The van der Waals surface area contributed by atoms with Crippen LogP contribution in [0, 0.1) is 10.1 Å². The highest BCUT2D eigenvalue weighted by molar-refractivity contribution is 5.95. The molecule has 0 fully saturated rings. The molecule has 4 rings (SSSR count). The zero-order chi connectivity index (χ0) is 19.8. The first-order valence-electron chi connectivity index (χ1n) is 7.93. The summed E-state index contributed by atoms with van der Waals surface area (Å²) in [7, 11) is 0. The molecule has 0 aliphatic carbocycles. The summed E-state index contributed by atoms with van der Waals surface area (Å²) in [6.07, 6.45) is 0. The first-order valence-corrected chi connectivity index (χ1v) is 7.93. The number of phenols is 1. The number of aromatic hydroxyl groups is 1. The maximum absolute atomic E-state index is 12.5. The van der Waals surface area contributed by atoms with Gasteiger partial charge in [-0.25, -0.2) is 9.59 Å². The lowest BCUT2D eigenvalue weighted by molar-refractivity contribution is -0.385. The maximum Gasteiger partial charge on any atom is 0.345 e. The van der Waals surface area contributed by atoms with Gasteiger partial charge in [0.05, 0.1) is 11.0 Å². The summed E-state index contributed by atoms with van der Waals surface area (Å²) in [5.74, 6) is -0.709. The number of nitro groups is 1. The molecular weight excluding hydrogens is 374 g/mol. The smallest absolute Gasteiger partial charge is 0.345 e. The van der Waals surface area contributed by atoms with E-state index in [9.17, 15) is 24.8 Å². The van der Waals surface area contributed by atoms with Crippen molar-refractivity contribution in [3.63, 3.8) is 0 Å². The minimum Gasteiger partial charge on any atom is -0.508 e. The predicted molar refractivity (Wildman–Crippen MR) is 92.5 cm³/mol. The Kier molecular flexibility index (Phi) is 4.07. The number of fused-ring (bicyclic) bond motifs is 2. The number of benzene rings is 2. The van der Waals surface area contributed by atoms with Gasteiger partial charge in [0, 0.05) is 29.1 Å². The van der Waals surface area contributed by atoms with Crippen LogP contribution in [0.5, 0.6) is 17.2 Å². The number of carbonyl (C=O) groups excluding carboxylic acids is 1. The molecule has 0 saturated carbocycles. The molecule has 1 N–H and O–H groups in total. The lowest BCUT2D eigenvalue weighted by atomic mass is 10.1. The lowest BCUT2D eigenvalue weighted by Gasteiger charge is -2.08. The van der Waals surface area contributed by atoms with Gasteiger partial charge < -0.3 is 23.7 Å². The van der Waals surface area contributed by atoms with Gasteiger partial charge in [0.2, 0.25) is 6.79 Å². The summed E-state index contributed by atoms with van der Waals surface area (Å²) < 4.78 is 20.4. The van der Waals surface area contributed by atoms with Gasteiger partial charge in [-0.3, -0.25) is 10.1 Å². The molecule has 1 aromatic heterocycles. The number of carbonyl (C=O) groups is 1. The van der Waals surface area contributed by atoms with Crippen LogP contribution in [0.3, 0.4) is 0 Å². The molecule has 10 nitrogen and oxygen atoms in total. The summed E-state index contributed by atoms with van der Waals surface area (Å²) in [4.78, 5) is 34.7. The van der Waals surface area contributed by atoms with Gasteiger partial charge in [-0.05, 0) is 12.1 Å². The summed E-state index contributed by atoms with van der Waals surface area (Å²) in [6, 6.07) is 7.55. The molecule has 0 saturated heterocycles. The Morgan fingerprint density at radius 2 is 1.93 bits per heavy atom. The second-order valence-electron chi connectivity index (χ2n) is 5.83. The van der Waals surface area contributed by atoms with E-state index in [1.165, 1.54) is 24.3 Å². The zero-order valence-corrected chi connectivity index (χ0v) is 14.0. The fourth-order valence-corrected chi connectivity index (χ4v) is 2.80. The molecule has 0 unspecified atom stereocenters. The first-order chi connectivity index (χ1) is 13.4. The predicted octanol–water partition coefficient (Wildman–Crippen LogP) is 2.49. The normalized spacial score (nSPS) is 12.1. The molecule has 0 amide bonds. The lowest BCUT2D eigenvalue weighted by Crippen LogP contribution is -2.10. The second kappa shape index (κ2) is 6.58. The van der Waals surface area contributed by atoms with Crippen molar-refractivity contribution < 1.29 is 33.5 Å². The molecule has 0 radical (unpaired) electrons. The zero-order valence-electron chi connectivity index (χ0n) is 14.0. The average Bonchev–Trinajstić information content (AvgIpc) is 3.11. The molecule has 0 spiro atoms. The largest absolute Gasteiger partial charge is 0.508 e. The Hall–Kier alpha value is -4.08. The third-order valence-electron chi connectivity index (χ3n) is 4.08. The quantitative estimate of drug-likeness (QED) is 0.310. The Balaban J connectivity index is 1.65. The summed E-state index contributed by atoms with van der Waals surface area (Å²) in [5.41, 5.74) is -1.05. The standard InChI is InChI=1S/C18H11NO9/c20-10-1-2-11-9(3-17(21)28-14(11)4-10)7-25-18(22)12-5-15-16(27-8-26-15)6-13(12)19(23)24/h1-6,20H,7-8H2. The van der Waals surface area contributed by atoms with E-state index in [1.807, 2.05) is 0 Å². The summed E-state index contributed by atoms with van der Waals surface area (Å²) >= 11 is 0. The molecule has 28 heavy (non-hydrogen) atoms. The molecule has 10 heteroatoms. The van der Waals surface area contributed by atoms with Crippen LogP contribution in [0.25, 0.3) is 11.0 Å². The van der Waals surface area contributed by atoms with E-state index in [2.05, 4.69) is 0 Å². The summed E-state index contributed by atoms with van der Waals surface area (Å²) in [5, 5.41) is 21.2. The molecule has 142 valence electrons. The number of esters is 1. The van der Waals surface area contributed by atoms with Crippen molar-refractivity contribution >= 4 is 22.6 Å². The third kappa shape index (κ3) is 3.07. The van der Waals surface area contributed by atoms with E-state index < -0.39 is 22.2 Å². The van der Waals surface area contributed by atoms with Crippen molar-refractivity contribution in [2.75, 3.05) is 6.79 Å². The van der Waals surface area contributed by atoms with Gasteiger partial charge >= 0.3 is 11.6 Å². The fourth-order valence-electron chi connectivity index (χ4n) is 2.80. The van der Waals surface area contributed by atoms with Crippen LogP contribution in [0.4, 0.5) is 5.69 Å². The van der Waals surface area contributed by atoms with Gasteiger partial charge in [0.1, 0.15) is 23.5 Å². The molecule has 3 aromatic rings. The number of nitro benzene ring substituents is 1. The number of phenolic OH excluding ortho intramolecular Hbond substituents is 1. The highest BCUT2D eigenvalue weighted by Gasteiger charge is 2.28. The molecule has 0 atom stereocenters. The number of rotatable bonds is 4. The van der Waals surface area contributed by atoms with Gasteiger partial charge in [0.25, 0.3) is 5.69 Å². The van der Waals surface area contributed by atoms with Gasteiger partial charge in [-0.2, -0.15) is 0 Å². The van der Waals surface area contributed by atoms with Crippen molar-refractivity contribution in [3.8, 4) is 17.2 Å². The molecule has 1 aliphatic rings. The van der Waals surface area contributed by atoms with Crippen LogP contribution in [-0.2, 0) is 11.3 Å². The van der Waals surface area contributed by atoms with E-state index in [4.69, 9.17) is 18.6 Å². The van der Waals surface area contributed by atoms with Crippen LogP contribution in [0.15, 0.2) is 45.6 Å².